The normalized spacial score (nSPS) is 23.1. The SMILES string of the molecule is CCCOC(=O)C1=C(C)NC2=C(C(=O)[C@H](C(=O)OC)[C@@H](C)C2)[C@H]1c1ccc(OC)cc1. The van der Waals surface area contributed by atoms with Crippen molar-refractivity contribution in [2.75, 3.05) is 20.8 Å². The average Bonchev–Trinajstić information content (AvgIpc) is 2.76. The van der Waals surface area contributed by atoms with Crippen LogP contribution in [0.5, 0.6) is 5.75 Å². The fourth-order valence-corrected chi connectivity index (χ4v) is 4.35. The van der Waals surface area contributed by atoms with Crippen molar-refractivity contribution >= 4 is 17.7 Å². The predicted octanol–water partition coefficient (Wildman–Crippen LogP) is 3.26. The van der Waals surface area contributed by atoms with Crippen molar-refractivity contribution in [2.24, 2.45) is 11.8 Å². The Balaban J connectivity index is 2.14. The number of methoxy groups -OCH3 is 2. The van der Waals surface area contributed by atoms with E-state index < -0.39 is 23.8 Å². The molecule has 0 saturated heterocycles. The highest BCUT2D eigenvalue weighted by molar-refractivity contribution is 6.12. The molecule has 0 unspecified atom stereocenters. The molecule has 0 amide bonds. The largest absolute Gasteiger partial charge is 0.497 e. The first-order valence-corrected chi connectivity index (χ1v) is 10.5. The van der Waals surface area contributed by atoms with Gasteiger partial charge < -0.3 is 19.5 Å². The van der Waals surface area contributed by atoms with E-state index in [4.69, 9.17) is 14.2 Å². The van der Waals surface area contributed by atoms with Gasteiger partial charge in [-0.15, -0.1) is 0 Å². The number of ketones is 1. The number of dihydropyridines is 1. The molecule has 0 saturated carbocycles. The average molecular weight is 427 g/mol. The van der Waals surface area contributed by atoms with Crippen LogP contribution in [0.4, 0.5) is 0 Å². The fraction of sp³-hybridized carbons (Fsp3) is 0.458. The molecule has 166 valence electrons. The summed E-state index contributed by atoms with van der Waals surface area (Å²) in [6.07, 6.45) is 1.19. The Hall–Kier alpha value is -3.09. The highest BCUT2D eigenvalue weighted by Gasteiger charge is 2.47. The second kappa shape index (κ2) is 9.37. The molecule has 0 spiro atoms. The Morgan fingerprint density at radius 1 is 1.16 bits per heavy atom. The van der Waals surface area contributed by atoms with Gasteiger partial charge in [0, 0.05) is 22.9 Å². The number of Topliss-reactive ketones (excluding diaryl/α,β-unsaturated/α-hetero) is 1. The van der Waals surface area contributed by atoms with Gasteiger partial charge >= 0.3 is 11.9 Å². The molecule has 1 aromatic carbocycles. The fourth-order valence-electron chi connectivity index (χ4n) is 4.35. The summed E-state index contributed by atoms with van der Waals surface area (Å²) in [4.78, 5) is 39.0. The maximum Gasteiger partial charge on any atom is 0.336 e. The molecule has 31 heavy (non-hydrogen) atoms. The maximum absolute atomic E-state index is 13.6. The van der Waals surface area contributed by atoms with Crippen LogP contribution in [0.15, 0.2) is 46.8 Å². The third-order valence-corrected chi connectivity index (χ3v) is 5.85. The standard InChI is InChI=1S/C24H29NO6/c1-6-11-31-24(28)19-14(3)25-17-12-13(2)18(23(27)30-5)22(26)21(17)20(19)15-7-9-16(29-4)10-8-15/h7-10,13,18,20,25H,6,11-12H2,1-5H3/t13-,18+,20-/m0/s1. The molecule has 1 aliphatic carbocycles. The summed E-state index contributed by atoms with van der Waals surface area (Å²) < 4.78 is 15.6. The zero-order valence-corrected chi connectivity index (χ0v) is 18.6. The minimum atomic E-state index is -0.905. The van der Waals surface area contributed by atoms with E-state index in [0.29, 0.717) is 35.4 Å². The zero-order chi connectivity index (χ0) is 22.7. The lowest BCUT2D eigenvalue weighted by Gasteiger charge is -2.38. The molecule has 2 aliphatic rings. The van der Waals surface area contributed by atoms with E-state index in [1.165, 1.54) is 7.11 Å². The number of rotatable bonds is 6. The summed E-state index contributed by atoms with van der Waals surface area (Å²) in [6.45, 7) is 5.87. The number of hydrogen-bond acceptors (Lipinski definition) is 7. The quantitative estimate of drug-likeness (QED) is 0.550. The lowest BCUT2D eigenvalue weighted by molar-refractivity contribution is -0.151. The second-order valence-electron chi connectivity index (χ2n) is 7.94. The second-order valence-corrected chi connectivity index (χ2v) is 7.94. The Morgan fingerprint density at radius 3 is 2.42 bits per heavy atom. The first kappa shape index (κ1) is 22.6. The highest BCUT2D eigenvalue weighted by Crippen LogP contribution is 2.45. The van der Waals surface area contributed by atoms with E-state index in [1.807, 2.05) is 32.9 Å². The first-order chi connectivity index (χ1) is 14.8. The maximum atomic E-state index is 13.6. The van der Waals surface area contributed by atoms with Gasteiger partial charge in [-0.2, -0.15) is 0 Å². The van der Waals surface area contributed by atoms with Crippen molar-refractivity contribution in [1.82, 2.24) is 5.32 Å². The first-order valence-electron chi connectivity index (χ1n) is 10.5. The number of carbonyl (C=O) groups is 3. The van der Waals surface area contributed by atoms with Crippen LogP contribution in [0.3, 0.4) is 0 Å². The molecule has 3 rings (SSSR count). The van der Waals surface area contributed by atoms with Gasteiger partial charge in [0.05, 0.1) is 26.4 Å². The molecule has 0 aromatic heterocycles. The summed E-state index contributed by atoms with van der Waals surface area (Å²) in [5.74, 6) is -2.44. The summed E-state index contributed by atoms with van der Waals surface area (Å²) in [5, 5.41) is 3.25. The van der Waals surface area contributed by atoms with Gasteiger partial charge in [-0.25, -0.2) is 4.79 Å². The Kier molecular flexibility index (Phi) is 6.83. The highest BCUT2D eigenvalue weighted by atomic mass is 16.5. The van der Waals surface area contributed by atoms with Crippen LogP contribution in [-0.4, -0.2) is 38.5 Å². The number of nitrogens with one attached hydrogen (secondary N) is 1. The van der Waals surface area contributed by atoms with Crippen LogP contribution in [0.2, 0.25) is 0 Å². The predicted molar refractivity (Wildman–Crippen MR) is 114 cm³/mol. The summed E-state index contributed by atoms with van der Waals surface area (Å²) >= 11 is 0. The number of allylic oxidation sites excluding steroid dienone is 3. The van der Waals surface area contributed by atoms with Crippen molar-refractivity contribution in [3.05, 3.63) is 52.4 Å². The molecule has 0 radical (unpaired) electrons. The smallest absolute Gasteiger partial charge is 0.336 e. The van der Waals surface area contributed by atoms with Gasteiger partial charge in [0.25, 0.3) is 0 Å². The Morgan fingerprint density at radius 2 is 1.84 bits per heavy atom. The van der Waals surface area contributed by atoms with Crippen LogP contribution >= 0.6 is 0 Å². The third-order valence-electron chi connectivity index (χ3n) is 5.85. The van der Waals surface area contributed by atoms with Gasteiger partial charge in [0.1, 0.15) is 11.7 Å². The molecular weight excluding hydrogens is 398 g/mol. The van der Waals surface area contributed by atoms with Gasteiger partial charge in [0.15, 0.2) is 5.78 Å². The van der Waals surface area contributed by atoms with Crippen LogP contribution in [0, 0.1) is 11.8 Å². The van der Waals surface area contributed by atoms with E-state index in [-0.39, 0.29) is 18.3 Å². The lowest BCUT2D eigenvalue weighted by atomic mass is 9.69. The summed E-state index contributed by atoms with van der Waals surface area (Å²) in [5.41, 5.74) is 2.95. The van der Waals surface area contributed by atoms with Gasteiger partial charge in [-0.3, -0.25) is 9.59 Å². The third kappa shape index (κ3) is 4.22. The van der Waals surface area contributed by atoms with Gasteiger partial charge in [0.2, 0.25) is 0 Å². The Bertz CT molecular complexity index is 943. The number of hydrogen-bond donors (Lipinski definition) is 1. The van der Waals surface area contributed by atoms with Crippen LogP contribution < -0.4 is 10.1 Å². The van der Waals surface area contributed by atoms with Crippen LogP contribution in [-0.2, 0) is 23.9 Å². The van der Waals surface area contributed by atoms with E-state index in [2.05, 4.69) is 5.32 Å². The van der Waals surface area contributed by atoms with Crippen molar-refractivity contribution < 1.29 is 28.6 Å². The molecule has 0 fully saturated rings. The van der Waals surface area contributed by atoms with Crippen molar-refractivity contribution in [1.29, 1.82) is 0 Å². The Labute approximate surface area is 182 Å². The van der Waals surface area contributed by atoms with Crippen LogP contribution in [0.1, 0.15) is 45.1 Å². The van der Waals surface area contributed by atoms with E-state index in [0.717, 1.165) is 11.3 Å². The number of carbonyl (C=O) groups excluding carboxylic acids is 3. The minimum Gasteiger partial charge on any atom is -0.497 e. The molecular formula is C24H29NO6. The monoisotopic (exact) mass is 427 g/mol. The number of esters is 2. The minimum absolute atomic E-state index is 0.218. The van der Waals surface area contributed by atoms with E-state index in [1.54, 1.807) is 19.2 Å². The molecule has 1 heterocycles. The van der Waals surface area contributed by atoms with Gasteiger partial charge in [-0.05, 0) is 43.4 Å². The van der Waals surface area contributed by atoms with Crippen LogP contribution in [0.25, 0.3) is 0 Å². The molecule has 3 atom stereocenters. The molecule has 1 aliphatic heterocycles. The zero-order valence-electron chi connectivity index (χ0n) is 18.6. The van der Waals surface area contributed by atoms with Gasteiger partial charge in [-0.1, -0.05) is 26.0 Å². The molecule has 7 nitrogen and oxygen atoms in total. The molecule has 0 bridgehead atoms. The summed E-state index contributed by atoms with van der Waals surface area (Å²) in [6, 6.07) is 7.24. The van der Waals surface area contributed by atoms with Crippen molar-refractivity contribution in [3.8, 4) is 5.75 Å². The molecule has 1 aromatic rings. The molecule has 1 N–H and O–H groups in total. The number of benzene rings is 1. The number of ether oxygens (including phenoxy) is 3. The lowest BCUT2D eigenvalue weighted by Crippen LogP contribution is -2.43. The van der Waals surface area contributed by atoms with Crippen molar-refractivity contribution in [3.63, 3.8) is 0 Å². The van der Waals surface area contributed by atoms with E-state index in [9.17, 15) is 14.4 Å². The van der Waals surface area contributed by atoms with E-state index >= 15 is 0 Å². The topological polar surface area (TPSA) is 90.9 Å². The van der Waals surface area contributed by atoms with Crippen molar-refractivity contribution in [2.45, 2.75) is 39.5 Å². The molecule has 7 heteroatoms. The summed E-state index contributed by atoms with van der Waals surface area (Å²) in [7, 11) is 2.86.